The second-order valence-electron chi connectivity index (χ2n) is 5.64. The van der Waals surface area contributed by atoms with Crippen molar-refractivity contribution in [2.45, 2.75) is 32.9 Å². The van der Waals surface area contributed by atoms with E-state index in [2.05, 4.69) is 36.0 Å². The predicted octanol–water partition coefficient (Wildman–Crippen LogP) is 2.54. The molecule has 0 aliphatic heterocycles. The Kier molecular flexibility index (Phi) is 2.93. The zero-order chi connectivity index (χ0) is 14.2. The average molecular weight is 271 g/mol. The van der Waals surface area contributed by atoms with Crippen LogP contribution < -0.4 is 0 Å². The molecule has 0 unspecified atom stereocenters. The first-order valence-corrected chi connectivity index (χ1v) is 6.51. The lowest BCUT2D eigenvalue weighted by atomic mass is 10.1. The lowest BCUT2D eigenvalue weighted by Gasteiger charge is -2.20. The van der Waals surface area contributed by atoms with Crippen LogP contribution in [0.4, 0.5) is 0 Å². The van der Waals surface area contributed by atoms with Gasteiger partial charge in [-0.05, 0) is 39.0 Å². The van der Waals surface area contributed by atoms with Gasteiger partial charge in [-0.1, -0.05) is 0 Å². The molecule has 0 atom stereocenters. The Hall–Kier alpha value is -2.37. The van der Waals surface area contributed by atoms with Crippen molar-refractivity contribution in [2.24, 2.45) is 0 Å². The Morgan fingerprint density at radius 2 is 2.05 bits per heavy atom. The van der Waals surface area contributed by atoms with Crippen LogP contribution in [0.2, 0.25) is 0 Å². The maximum atomic E-state index is 5.85. The number of furan rings is 1. The molecule has 3 rings (SSSR count). The maximum Gasteiger partial charge on any atom is 0.194 e. The van der Waals surface area contributed by atoms with E-state index in [1.807, 2.05) is 33.8 Å². The molecule has 104 valence electrons. The summed E-state index contributed by atoms with van der Waals surface area (Å²) in [6.45, 7) is 6.85. The molecule has 6 heteroatoms. The summed E-state index contributed by atoms with van der Waals surface area (Å²) in [4.78, 5) is 4.30. The first-order valence-electron chi connectivity index (χ1n) is 6.51. The molecule has 0 aliphatic rings. The number of hydrogen-bond donors (Lipinski definition) is 0. The summed E-state index contributed by atoms with van der Waals surface area (Å²) in [6, 6.07) is 5.75. The third kappa shape index (κ3) is 2.36. The van der Waals surface area contributed by atoms with E-state index < -0.39 is 0 Å². The van der Waals surface area contributed by atoms with Crippen LogP contribution in [-0.2, 0) is 12.1 Å². The van der Waals surface area contributed by atoms with Gasteiger partial charge in [0, 0.05) is 12.4 Å². The van der Waals surface area contributed by atoms with E-state index in [-0.39, 0.29) is 5.54 Å². The lowest BCUT2D eigenvalue weighted by Crippen LogP contribution is -2.24. The molecular weight excluding hydrogens is 254 g/mol. The fourth-order valence-electron chi connectivity index (χ4n) is 2.04. The van der Waals surface area contributed by atoms with Crippen molar-refractivity contribution in [3.8, 4) is 11.6 Å². The number of nitrogens with zero attached hydrogens (tertiary/aromatic N) is 5. The first kappa shape index (κ1) is 12.7. The van der Waals surface area contributed by atoms with Gasteiger partial charge in [-0.25, -0.2) is 9.67 Å². The third-order valence-electron chi connectivity index (χ3n) is 2.94. The van der Waals surface area contributed by atoms with E-state index in [1.54, 1.807) is 12.5 Å². The van der Waals surface area contributed by atoms with Crippen LogP contribution in [0.1, 0.15) is 26.5 Å². The molecule has 0 saturated carbocycles. The van der Waals surface area contributed by atoms with Crippen molar-refractivity contribution in [3.63, 3.8) is 0 Å². The summed E-state index contributed by atoms with van der Waals surface area (Å²) >= 11 is 0. The Balaban J connectivity index is 1.89. The molecular formula is C14H17N5O. The van der Waals surface area contributed by atoms with Crippen molar-refractivity contribution in [1.82, 2.24) is 24.5 Å². The highest BCUT2D eigenvalue weighted by Crippen LogP contribution is 2.24. The van der Waals surface area contributed by atoms with Crippen molar-refractivity contribution in [1.29, 1.82) is 0 Å². The van der Waals surface area contributed by atoms with Crippen molar-refractivity contribution in [2.75, 3.05) is 0 Å². The zero-order valence-corrected chi connectivity index (χ0v) is 11.8. The minimum Gasteiger partial charge on any atom is -0.456 e. The summed E-state index contributed by atoms with van der Waals surface area (Å²) in [5.41, 5.74) is -0.138. The highest BCUT2D eigenvalue weighted by molar-refractivity contribution is 5.47. The van der Waals surface area contributed by atoms with Gasteiger partial charge in [0.2, 0.25) is 0 Å². The molecule has 0 fully saturated rings. The van der Waals surface area contributed by atoms with Crippen molar-refractivity contribution >= 4 is 0 Å². The summed E-state index contributed by atoms with van der Waals surface area (Å²) in [7, 11) is 0. The number of hydrogen-bond acceptors (Lipinski definition) is 4. The number of aromatic nitrogens is 5. The Labute approximate surface area is 117 Å². The molecule has 0 spiro atoms. The van der Waals surface area contributed by atoms with E-state index in [0.29, 0.717) is 6.54 Å². The van der Waals surface area contributed by atoms with Crippen LogP contribution in [0.25, 0.3) is 11.6 Å². The van der Waals surface area contributed by atoms with E-state index in [1.165, 1.54) is 0 Å². The number of rotatable bonds is 3. The Morgan fingerprint density at radius 3 is 2.75 bits per heavy atom. The molecule has 6 nitrogen and oxygen atoms in total. The van der Waals surface area contributed by atoms with Gasteiger partial charge in [0.25, 0.3) is 0 Å². The van der Waals surface area contributed by atoms with Gasteiger partial charge < -0.3 is 4.42 Å². The molecule has 3 aromatic heterocycles. The quantitative estimate of drug-likeness (QED) is 0.734. The fraction of sp³-hybridized carbons (Fsp3) is 0.357. The molecule has 0 aliphatic carbocycles. The monoisotopic (exact) mass is 271 g/mol. The van der Waals surface area contributed by atoms with Crippen LogP contribution in [0.3, 0.4) is 0 Å². The summed E-state index contributed by atoms with van der Waals surface area (Å²) in [5.74, 6) is 2.30. The van der Waals surface area contributed by atoms with Crippen LogP contribution in [0, 0.1) is 0 Å². The third-order valence-corrected chi connectivity index (χ3v) is 2.94. The summed E-state index contributed by atoms with van der Waals surface area (Å²) in [6.07, 6.45) is 5.20. The molecule has 3 heterocycles. The van der Waals surface area contributed by atoms with E-state index in [4.69, 9.17) is 4.42 Å². The van der Waals surface area contributed by atoms with Gasteiger partial charge >= 0.3 is 0 Å². The zero-order valence-electron chi connectivity index (χ0n) is 11.8. The molecule has 0 bridgehead atoms. The van der Waals surface area contributed by atoms with Crippen molar-refractivity contribution in [3.05, 3.63) is 42.7 Å². The highest BCUT2D eigenvalue weighted by Gasteiger charge is 2.21. The van der Waals surface area contributed by atoms with E-state index >= 15 is 0 Å². The van der Waals surface area contributed by atoms with Gasteiger partial charge in [-0.3, -0.25) is 4.68 Å². The van der Waals surface area contributed by atoms with Gasteiger partial charge in [0.15, 0.2) is 11.6 Å². The highest BCUT2D eigenvalue weighted by atomic mass is 16.3. The molecule has 0 radical (unpaired) electrons. The SMILES string of the molecule is CC(C)(C)n1ncnc1-c1ccc(Cn2cccn2)o1. The van der Waals surface area contributed by atoms with Crippen LogP contribution in [-0.4, -0.2) is 24.5 Å². The minimum atomic E-state index is -0.138. The van der Waals surface area contributed by atoms with Crippen LogP contribution >= 0.6 is 0 Å². The van der Waals surface area contributed by atoms with Crippen LogP contribution in [0.15, 0.2) is 41.3 Å². The van der Waals surface area contributed by atoms with E-state index in [9.17, 15) is 0 Å². The van der Waals surface area contributed by atoms with Gasteiger partial charge in [-0.15, -0.1) is 0 Å². The molecule has 3 aromatic rings. The topological polar surface area (TPSA) is 61.7 Å². The van der Waals surface area contributed by atoms with Gasteiger partial charge in [-0.2, -0.15) is 10.2 Å². The fourth-order valence-corrected chi connectivity index (χ4v) is 2.04. The second kappa shape index (κ2) is 4.63. The van der Waals surface area contributed by atoms with Crippen molar-refractivity contribution < 1.29 is 4.42 Å². The smallest absolute Gasteiger partial charge is 0.194 e. The maximum absolute atomic E-state index is 5.85. The molecule has 0 saturated heterocycles. The lowest BCUT2D eigenvalue weighted by molar-refractivity contribution is 0.354. The Morgan fingerprint density at radius 1 is 1.20 bits per heavy atom. The second-order valence-corrected chi connectivity index (χ2v) is 5.64. The van der Waals surface area contributed by atoms with E-state index in [0.717, 1.165) is 17.3 Å². The largest absolute Gasteiger partial charge is 0.456 e. The molecule has 0 aromatic carbocycles. The summed E-state index contributed by atoms with van der Waals surface area (Å²) < 4.78 is 9.53. The molecule has 0 amide bonds. The Bertz CT molecular complexity index is 687. The average Bonchev–Trinajstić information content (AvgIpc) is 3.08. The minimum absolute atomic E-state index is 0.138. The normalized spacial score (nSPS) is 11.9. The standard InChI is InChI=1S/C14H17N5O/c1-14(2,3)19-13(15-10-17-19)12-6-5-11(20-12)9-18-8-4-7-16-18/h4-8,10H,9H2,1-3H3. The van der Waals surface area contributed by atoms with Crippen LogP contribution in [0.5, 0.6) is 0 Å². The molecule has 20 heavy (non-hydrogen) atoms. The molecule has 0 N–H and O–H groups in total. The predicted molar refractivity (Wildman–Crippen MR) is 74.0 cm³/mol. The van der Waals surface area contributed by atoms with Gasteiger partial charge in [0.1, 0.15) is 12.1 Å². The summed E-state index contributed by atoms with van der Waals surface area (Å²) in [5, 5.41) is 8.44. The van der Waals surface area contributed by atoms with Gasteiger partial charge in [0.05, 0.1) is 12.1 Å². The first-order chi connectivity index (χ1) is 9.54.